The van der Waals surface area contributed by atoms with E-state index in [4.69, 9.17) is 9.47 Å². The number of ether oxygens (including phenoxy) is 2. The first-order valence-electron chi connectivity index (χ1n) is 11.7. The van der Waals surface area contributed by atoms with Gasteiger partial charge in [-0.25, -0.2) is 4.79 Å². The van der Waals surface area contributed by atoms with E-state index in [9.17, 15) is 14.4 Å². The van der Waals surface area contributed by atoms with E-state index >= 15 is 0 Å². The molecule has 2 N–H and O–H groups in total. The number of Topliss-reactive ketones (excluding diaryl/α,β-unsaturated/α-hetero) is 1. The summed E-state index contributed by atoms with van der Waals surface area (Å²) < 4.78 is 10.9. The molecule has 0 bridgehead atoms. The van der Waals surface area contributed by atoms with Crippen molar-refractivity contribution >= 4 is 17.8 Å². The molecule has 7 heteroatoms. The van der Waals surface area contributed by atoms with Crippen LogP contribution in [0.25, 0.3) is 0 Å². The average molecular weight is 469 g/mol. The topological polar surface area (TPSA) is 93.7 Å². The Hall–Kier alpha value is -3.35. The van der Waals surface area contributed by atoms with Crippen LogP contribution in [0.5, 0.6) is 5.75 Å². The minimum atomic E-state index is -0.819. The summed E-state index contributed by atoms with van der Waals surface area (Å²) in [4.78, 5) is 38.3. The summed E-state index contributed by atoms with van der Waals surface area (Å²) >= 11 is 0. The molecule has 0 aromatic heterocycles. The summed E-state index contributed by atoms with van der Waals surface area (Å²) in [5.74, 6) is 0.278. The lowest BCUT2D eigenvalue weighted by atomic mass is 9.98. The van der Waals surface area contributed by atoms with Crippen molar-refractivity contribution < 1.29 is 23.9 Å². The molecule has 0 aliphatic carbocycles. The zero-order chi connectivity index (χ0) is 24.9. The Morgan fingerprint density at radius 1 is 0.765 bits per heavy atom. The van der Waals surface area contributed by atoms with Gasteiger partial charge < -0.3 is 20.1 Å². The molecule has 184 valence electrons. The van der Waals surface area contributed by atoms with Gasteiger partial charge in [0.25, 0.3) is 0 Å². The fraction of sp³-hybridized carbons (Fsp3) is 0.444. The van der Waals surface area contributed by atoms with E-state index in [1.165, 1.54) is 0 Å². The number of hydrogen-bond acceptors (Lipinski definition) is 5. The van der Waals surface area contributed by atoms with E-state index in [0.717, 1.165) is 5.56 Å². The normalized spacial score (nSPS) is 12.6. The summed E-state index contributed by atoms with van der Waals surface area (Å²) in [6, 6.07) is 16.8. The number of ketones is 1. The van der Waals surface area contributed by atoms with E-state index < -0.39 is 24.1 Å². The van der Waals surface area contributed by atoms with Crippen LogP contribution in [0.4, 0.5) is 4.79 Å². The second kappa shape index (κ2) is 14.0. The van der Waals surface area contributed by atoms with Crippen molar-refractivity contribution in [1.29, 1.82) is 0 Å². The maximum absolute atomic E-state index is 13.1. The van der Waals surface area contributed by atoms with E-state index in [1.807, 2.05) is 76.2 Å². The van der Waals surface area contributed by atoms with Crippen molar-refractivity contribution in [3.05, 3.63) is 66.2 Å². The number of amides is 2. The Balaban J connectivity index is 1.99. The molecule has 0 fully saturated rings. The van der Waals surface area contributed by atoms with Crippen LogP contribution in [-0.2, 0) is 20.9 Å². The summed E-state index contributed by atoms with van der Waals surface area (Å²) in [5, 5.41) is 5.49. The molecule has 7 nitrogen and oxygen atoms in total. The van der Waals surface area contributed by atoms with E-state index in [2.05, 4.69) is 10.6 Å². The third-order valence-corrected chi connectivity index (χ3v) is 5.06. The lowest BCUT2D eigenvalue weighted by molar-refractivity contribution is -0.130. The number of nitrogens with one attached hydrogen (secondary N) is 2. The number of benzene rings is 2. The maximum atomic E-state index is 13.1. The minimum absolute atomic E-state index is 0.105. The lowest BCUT2D eigenvalue weighted by Gasteiger charge is -2.24. The highest BCUT2D eigenvalue weighted by atomic mass is 16.5. The third kappa shape index (κ3) is 10.1. The van der Waals surface area contributed by atoms with Crippen molar-refractivity contribution in [3.63, 3.8) is 0 Å². The SMILES string of the molecule is CC(C)C[C@H](NC(=O)[C@H](CC(C)C)NC(=O)OCc1ccccc1)C(=O)COc1ccccc1. The zero-order valence-electron chi connectivity index (χ0n) is 20.5. The van der Waals surface area contributed by atoms with Gasteiger partial charge in [0.15, 0.2) is 5.78 Å². The van der Waals surface area contributed by atoms with Crippen molar-refractivity contribution in [1.82, 2.24) is 10.6 Å². The monoisotopic (exact) mass is 468 g/mol. The van der Waals surface area contributed by atoms with Crippen LogP contribution in [0.15, 0.2) is 60.7 Å². The van der Waals surface area contributed by atoms with Gasteiger partial charge in [0.1, 0.15) is 25.0 Å². The first-order valence-corrected chi connectivity index (χ1v) is 11.7. The van der Waals surface area contributed by atoms with Crippen LogP contribution >= 0.6 is 0 Å². The molecule has 2 rings (SSSR count). The van der Waals surface area contributed by atoms with Crippen molar-refractivity contribution in [2.45, 2.75) is 59.2 Å². The van der Waals surface area contributed by atoms with Crippen LogP contribution in [0.2, 0.25) is 0 Å². The Morgan fingerprint density at radius 2 is 1.32 bits per heavy atom. The smallest absolute Gasteiger partial charge is 0.408 e. The fourth-order valence-corrected chi connectivity index (χ4v) is 3.40. The van der Waals surface area contributed by atoms with Gasteiger partial charge in [0.2, 0.25) is 5.91 Å². The molecule has 0 saturated carbocycles. The van der Waals surface area contributed by atoms with Crippen LogP contribution in [0, 0.1) is 11.8 Å². The van der Waals surface area contributed by atoms with Gasteiger partial charge in [-0.2, -0.15) is 0 Å². The Bertz CT molecular complexity index is 900. The maximum Gasteiger partial charge on any atom is 0.408 e. The summed E-state index contributed by atoms with van der Waals surface area (Å²) in [5.41, 5.74) is 0.850. The molecule has 2 amide bonds. The third-order valence-electron chi connectivity index (χ3n) is 5.06. The molecule has 0 heterocycles. The summed E-state index contributed by atoms with van der Waals surface area (Å²) in [6.07, 6.45) is 0.203. The predicted molar refractivity (Wildman–Crippen MR) is 131 cm³/mol. The van der Waals surface area contributed by atoms with Crippen LogP contribution in [0.3, 0.4) is 0 Å². The molecule has 2 aromatic carbocycles. The number of alkyl carbamates (subject to hydrolysis) is 1. The second-order valence-electron chi connectivity index (χ2n) is 9.15. The number of carbonyl (C=O) groups excluding carboxylic acids is 3. The lowest BCUT2D eigenvalue weighted by Crippen LogP contribution is -2.53. The highest BCUT2D eigenvalue weighted by Gasteiger charge is 2.28. The summed E-state index contributed by atoms with van der Waals surface area (Å²) in [7, 11) is 0. The molecule has 0 radical (unpaired) electrons. The molecule has 2 aromatic rings. The van der Waals surface area contributed by atoms with Gasteiger partial charge >= 0.3 is 6.09 Å². The van der Waals surface area contributed by atoms with Gasteiger partial charge in [-0.05, 0) is 42.4 Å². The quantitative estimate of drug-likeness (QED) is 0.451. The highest BCUT2D eigenvalue weighted by molar-refractivity contribution is 5.92. The van der Waals surface area contributed by atoms with E-state index in [0.29, 0.717) is 18.6 Å². The molecule has 34 heavy (non-hydrogen) atoms. The summed E-state index contributed by atoms with van der Waals surface area (Å²) in [6.45, 7) is 7.84. The van der Waals surface area contributed by atoms with Gasteiger partial charge in [-0.1, -0.05) is 76.2 Å². The number of carbonyl (C=O) groups is 3. The molecule has 0 aliphatic heterocycles. The van der Waals surface area contributed by atoms with Crippen molar-refractivity contribution in [2.75, 3.05) is 6.61 Å². The second-order valence-corrected chi connectivity index (χ2v) is 9.15. The standard InChI is InChI=1S/C27H36N2O5/c1-19(2)15-23(25(30)18-33-22-13-9-6-10-14-22)28-26(31)24(16-20(3)4)29-27(32)34-17-21-11-7-5-8-12-21/h5-14,19-20,23-24H,15-18H2,1-4H3,(H,28,31)(H,29,32)/t23-,24-/m0/s1. The number of rotatable bonds is 13. The minimum Gasteiger partial charge on any atom is -0.486 e. The molecule has 0 aliphatic rings. The first-order chi connectivity index (χ1) is 16.2. The van der Waals surface area contributed by atoms with E-state index in [1.54, 1.807) is 12.1 Å². The number of hydrogen-bond donors (Lipinski definition) is 2. The first kappa shape index (κ1) is 26.9. The molecular weight excluding hydrogens is 432 g/mol. The van der Waals surface area contributed by atoms with Gasteiger partial charge in [-0.3, -0.25) is 9.59 Å². The Kier molecular flexibility index (Phi) is 11.1. The van der Waals surface area contributed by atoms with Gasteiger partial charge in [0.05, 0.1) is 6.04 Å². The van der Waals surface area contributed by atoms with Crippen molar-refractivity contribution in [3.8, 4) is 5.75 Å². The zero-order valence-corrected chi connectivity index (χ0v) is 20.5. The van der Waals surface area contributed by atoms with Crippen molar-refractivity contribution in [2.24, 2.45) is 11.8 Å². The molecule has 2 atom stereocenters. The van der Waals surface area contributed by atoms with Gasteiger partial charge in [-0.15, -0.1) is 0 Å². The largest absolute Gasteiger partial charge is 0.486 e. The van der Waals surface area contributed by atoms with Gasteiger partial charge in [0, 0.05) is 0 Å². The Morgan fingerprint density at radius 3 is 1.91 bits per heavy atom. The Labute approximate surface area is 202 Å². The van der Waals surface area contributed by atoms with Crippen LogP contribution in [-0.4, -0.2) is 36.5 Å². The molecule has 0 spiro atoms. The number of para-hydroxylation sites is 1. The average Bonchev–Trinajstić information content (AvgIpc) is 2.81. The highest BCUT2D eigenvalue weighted by Crippen LogP contribution is 2.12. The molecule has 0 unspecified atom stereocenters. The van der Waals surface area contributed by atoms with Crippen LogP contribution < -0.4 is 15.4 Å². The molecule has 0 saturated heterocycles. The fourth-order valence-electron chi connectivity index (χ4n) is 3.40. The predicted octanol–water partition coefficient (Wildman–Crippen LogP) is 4.51. The molecular formula is C27H36N2O5. The van der Waals surface area contributed by atoms with E-state index in [-0.39, 0.29) is 30.8 Å². The van der Waals surface area contributed by atoms with Crippen LogP contribution in [0.1, 0.15) is 46.1 Å².